The van der Waals surface area contributed by atoms with Crippen molar-refractivity contribution in [1.82, 2.24) is 10.6 Å². The molecule has 24 heavy (non-hydrogen) atoms. The van der Waals surface area contributed by atoms with Crippen LogP contribution in [0.5, 0.6) is 11.5 Å². The number of aliphatic imine (C=N–C) groups is 1. The van der Waals surface area contributed by atoms with Gasteiger partial charge >= 0.3 is 0 Å². The summed E-state index contributed by atoms with van der Waals surface area (Å²) in [6, 6.07) is 5.79. The average Bonchev–Trinajstić information content (AvgIpc) is 2.55. The molecule has 0 heterocycles. The standard InChI is InChI=1S/C18H31N3O2.HI/c1-5-6-7-8-14(2)21-18(19-3)20-12-11-15-9-10-16(23-4)13-17(15)22;/h9-10,13-14,22H,5-8,11-12H2,1-4H3,(H2,19,20,21);1H. The number of aromatic hydroxyl groups is 1. The number of methoxy groups -OCH3 is 1. The molecule has 1 aromatic rings. The first-order valence-corrected chi connectivity index (χ1v) is 8.43. The molecule has 0 spiro atoms. The first kappa shape index (κ1) is 22.8. The molecule has 3 N–H and O–H groups in total. The van der Waals surface area contributed by atoms with Gasteiger partial charge in [0.05, 0.1) is 7.11 Å². The Kier molecular flexibility index (Phi) is 12.5. The van der Waals surface area contributed by atoms with Crippen LogP contribution in [0.15, 0.2) is 23.2 Å². The molecule has 0 aliphatic heterocycles. The fourth-order valence-corrected chi connectivity index (χ4v) is 2.40. The number of hydrogen-bond donors (Lipinski definition) is 3. The molecule has 138 valence electrons. The minimum Gasteiger partial charge on any atom is -0.508 e. The highest BCUT2D eigenvalue weighted by Gasteiger charge is 2.06. The molecule has 0 aliphatic rings. The molecule has 0 amide bonds. The van der Waals surface area contributed by atoms with Crippen LogP contribution in [0.3, 0.4) is 0 Å². The summed E-state index contributed by atoms with van der Waals surface area (Å²) in [4.78, 5) is 4.25. The molecule has 0 aliphatic carbocycles. The van der Waals surface area contributed by atoms with Crippen LogP contribution < -0.4 is 15.4 Å². The molecular formula is C18H32IN3O2. The molecule has 0 aromatic heterocycles. The number of hydrogen-bond acceptors (Lipinski definition) is 3. The Hall–Kier alpha value is -1.18. The highest BCUT2D eigenvalue weighted by molar-refractivity contribution is 14.0. The van der Waals surface area contributed by atoms with E-state index in [-0.39, 0.29) is 29.7 Å². The summed E-state index contributed by atoms with van der Waals surface area (Å²) < 4.78 is 5.09. The second-order valence-electron chi connectivity index (χ2n) is 5.78. The highest BCUT2D eigenvalue weighted by atomic mass is 127. The van der Waals surface area contributed by atoms with E-state index in [0.717, 1.165) is 24.4 Å². The number of guanidine groups is 1. The summed E-state index contributed by atoms with van der Waals surface area (Å²) in [5.74, 6) is 1.74. The maximum absolute atomic E-state index is 9.96. The maximum Gasteiger partial charge on any atom is 0.191 e. The smallest absolute Gasteiger partial charge is 0.191 e. The van der Waals surface area contributed by atoms with Crippen LogP contribution in [0.1, 0.15) is 45.1 Å². The number of ether oxygens (including phenoxy) is 1. The largest absolute Gasteiger partial charge is 0.508 e. The van der Waals surface area contributed by atoms with Crippen molar-refractivity contribution in [2.45, 2.75) is 52.0 Å². The summed E-state index contributed by atoms with van der Waals surface area (Å²) in [6.07, 6.45) is 5.62. The van der Waals surface area contributed by atoms with Crippen molar-refractivity contribution in [2.75, 3.05) is 20.7 Å². The van der Waals surface area contributed by atoms with Crippen molar-refractivity contribution in [1.29, 1.82) is 0 Å². The fourth-order valence-electron chi connectivity index (χ4n) is 2.40. The van der Waals surface area contributed by atoms with Gasteiger partial charge < -0.3 is 20.5 Å². The van der Waals surface area contributed by atoms with Crippen LogP contribution in [-0.4, -0.2) is 37.8 Å². The summed E-state index contributed by atoms with van der Waals surface area (Å²) in [7, 11) is 3.37. The lowest BCUT2D eigenvalue weighted by Gasteiger charge is -2.18. The Labute approximate surface area is 163 Å². The number of nitrogens with zero attached hydrogens (tertiary/aromatic N) is 1. The Morgan fingerprint density at radius 3 is 2.67 bits per heavy atom. The van der Waals surface area contributed by atoms with Crippen LogP contribution in [0.4, 0.5) is 0 Å². The van der Waals surface area contributed by atoms with E-state index in [1.54, 1.807) is 20.2 Å². The van der Waals surface area contributed by atoms with Gasteiger partial charge in [-0.2, -0.15) is 0 Å². The Balaban J connectivity index is 0.00000529. The van der Waals surface area contributed by atoms with Crippen LogP contribution >= 0.6 is 24.0 Å². The zero-order chi connectivity index (χ0) is 17.1. The Morgan fingerprint density at radius 2 is 2.08 bits per heavy atom. The molecule has 5 nitrogen and oxygen atoms in total. The fraction of sp³-hybridized carbons (Fsp3) is 0.611. The predicted molar refractivity (Wildman–Crippen MR) is 112 cm³/mol. The second kappa shape index (κ2) is 13.1. The van der Waals surface area contributed by atoms with Gasteiger partial charge in [0.2, 0.25) is 0 Å². The molecular weight excluding hydrogens is 417 g/mol. The number of unbranched alkanes of at least 4 members (excludes halogenated alkanes) is 2. The van der Waals surface area contributed by atoms with Gasteiger partial charge in [-0.15, -0.1) is 24.0 Å². The van der Waals surface area contributed by atoms with Gasteiger partial charge in [-0.3, -0.25) is 4.99 Å². The zero-order valence-corrected chi connectivity index (χ0v) is 17.6. The van der Waals surface area contributed by atoms with E-state index in [0.29, 0.717) is 18.3 Å². The topological polar surface area (TPSA) is 65.9 Å². The molecule has 6 heteroatoms. The molecule has 0 fully saturated rings. The quantitative estimate of drug-likeness (QED) is 0.233. The lowest BCUT2D eigenvalue weighted by atomic mass is 10.1. The maximum atomic E-state index is 9.96. The van der Waals surface area contributed by atoms with Gasteiger partial charge in [0.1, 0.15) is 11.5 Å². The monoisotopic (exact) mass is 449 g/mol. The predicted octanol–water partition coefficient (Wildman–Crippen LogP) is 3.70. The number of rotatable bonds is 9. The van der Waals surface area contributed by atoms with E-state index in [1.807, 2.05) is 12.1 Å². The molecule has 1 rings (SSSR count). The first-order chi connectivity index (χ1) is 11.1. The summed E-state index contributed by atoms with van der Waals surface area (Å²) in [5, 5.41) is 16.6. The van der Waals surface area contributed by atoms with Crippen LogP contribution in [-0.2, 0) is 6.42 Å². The van der Waals surface area contributed by atoms with E-state index in [9.17, 15) is 5.11 Å². The van der Waals surface area contributed by atoms with Crippen molar-refractivity contribution in [3.63, 3.8) is 0 Å². The number of phenols is 1. The van der Waals surface area contributed by atoms with Crippen molar-refractivity contribution >= 4 is 29.9 Å². The number of halogens is 1. The van der Waals surface area contributed by atoms with Gasteiger partial charge in [0, 0.05) is 25.7 Å². The molecule has 1 atom stereocenters. The van der Waals surface area contributed by atoms with Crippen molar-refractivity contribution in [2.24, 2.45) is 4.99 Å². The van der Waals surface area contributed by atoms with Gasteiger partial charge in [0.25, 0.3) is 0 Å². The number of benzene rings is 1. The summed E-state index contributed by atoms with van der Waals surface area (Å²) in [6.45, 7) is 5.10. The lowest BCUT2D eigenvalue weighted by Crippen LogP contribution is -2.42. The van der Waals surface area contributed by atoms with E-state index in [4.69, 9.17) is 4.74 Å². The van der Waals surface area contributed by atoms with Crippen molar-refractivity contribution < 1.29 is 9.84 Å². The molecule has 1 unspecified atom stereocenters. The highest BCUT2D eigenvalue weighted by Crippen LogP contribution is 2.23. The van der Waals surface area contributed by atoms with Crippen molar-refractivity contribution in [3.8, 4) is 11.5 Å². The number of phenolic OH excluding ortho intramolecular Hbond substituents is 1. The average molecular weight is 449 g/mol. The lowest BCUT2D eigenvalue weighted by molar-refractivity contribution is 0.406. The van der Waals surface area contributed by atoms with E-state index in [2.05, 4.69) is 29.5 Å². The number of nitrogens with one attached hydrogen (secondary N) is 2. The molecule has 0 saturated heterocycles. The van der Waals surface area contributed by atoms with Crippen LogP contribution in [0.2, 0.25) is 0 Å². The SMILES string of the molecule is CCCCCC(C)NC(=NC)NCCc1ccc(OC)cc1O.I. The van der Waals surface area contributed by atoms with Gasteiger partial charge in [0.15, 0.2) is 5.96 Å². The second-order valence-corrected chi connectivity index (χ2v) is 5.78. The van der Waals surface area contributed by atoms with Crippen LogP contribution in [0, 0.1) is 0 Å². The third-order valence-corrected chi connectivity index (χ3v) is 3.83. The van der Waals surface area contributed by atoms with Gasteiger partial charge in [-0.05, 0) is 31.4 Å². The minimum atomic E-state index is 0. The molecule has 1 aromatic carbocycles. The van der Waals surface area contributed by atoms with Gasteiger partial charge in [-0.1, -0.05) is 32.3 Å². The minimum absolute atomic E-state index is 0. The third kappa shape index (κ3) is 8.61. The third-order valence-electron chi connectivity index (χ3n) is 3.83. The molecule has 0 bridgehead atoms. The normalized spacial score (nSPS) is 12.2. The Bertz CT molecular complexity index is 495. The van der Waals surface area contributed by atoms with Gasteiger partial charge in [-0.25, -0.2) is 0 Å². The summed E-state index contributed by atoms with van der Waals surface area (Å²) in [5.41, 5.74) is 0.893. The molecule has 0 saturated carbocycles. The van der Waals surface area contributed by atoms with Crippen LogP contribution in [0.25, 0.3) is 0 Å². The first-order valence-electron chi connectivity index (χ1n) is 8.43. The van der Waals surface area contributed by atoms with Crippen molar-refractivity contribution in [3.05, 3.63) is 23.8 Å². The summed E-state index contributed by atoms with van der Waals surface area (Å²) >= 11 is 0. The molecule has 0 radical (unpaired) electrons. The zero-order valence-electron chi connectivity index (χ0n) is 15.3. The van der Waals surface area contributed by atoms with E-state index < -0.39 is 0 Å². The van der Waals surface area contributed by atoms with E-state index in [1.165, 1.54) is 19.3 Å². The Morgan fingerprint density at radius 1 is 1.33 bits per heavy atom. The van der Waals surface area contributed by atoms with E-state index >= 15 is 0 Å².